The smallest absolute Gasteiger partial charge is 0.224 e. The van der Waals surface area contributed by atoms with E-state index >= 15 is 0 Å². The minimum absolute atomic E-state index is 0.718. The molecule has 0 saturated heterocycles. The third kappa shape index (κ3) is 4.09. The summed E-state index contributed by atoms with van der Waals surface area (Å²) in [5.41, 5.74) is 1.12. The zero-order valence-corrected chi connectivity index (χ0v) is 13.1. The summed E-state index contributed by atoms with van der Waals surface area (Å²) in [6.07, 6.45) is 8.74. The molecule has 0 spiro atoms. The maximum Gasteiger partial charge on any atom is 0.224 e. The summed E-state index contributed by atoms with van der Waals surface area (Å²) in [7, 11) is 0. The standard InChI is InChI=1S/C16H28N4/c1-4-13-6-8-14(9-7-13)11-18-15-12(3)10-19-16(20-15)17-5-2/h10,13-14H,4-9,11H2,1-3H3,(H2,17,18,19,20). The fourth-order valence-corrected chi connectivity index (χ4v) is 2.95. The van der Waals surface area contributed by atoms with Gasteiger partial charge in [0, 0.05) is 24.8 Å². The van der Waals surface area contributed by atoms with Crippen molar-refractivity contribution in [2.45, 2.75) is 52.9 Å². The third-order valence-electron chi connectivity index (χ3n) is 4.41. The predicted octanol–water partition coefficient (Wildman–Crippen LogP) is 3.85. The Balaban J connectivity index is 1.86. The van der Waals surface area contributed by atoms with Crippen LogP contribution in [0.3, 0.4) is 0 Å². The van der Waals surface area contributed by atoms with Crippen molar-refractivity contribution in [3.8, 4) is 0 Å². The second kappa shape index (κ2) is 7.46. The van der Waals surface area contributed by atoms with Crippen molar-refractivity contribution in [2.24, 2.45) is 11.8 Å². The van der Waals surface area contributed by atoms with Gasteiger partial charge in [-0.25, -0.2) is 4.98 Å². The molecule has 0 aromatic carbocycles. The van der Waals surface area contributed by atoms with Gasteiger partial charge in [-0.15, -0.1) is 0 Å². The number of nitrogens with zero attached hydrogens (tertiary/aromatic N) is 2. The number of aromatic nitrogens is 2. The maximum absolute atomic E-state index is 4.54. The number of hydrogen-bond acceptors (Lipinski definition) is 4. The number of hydrogen-bond donors (Lipinski definition) is 2. The summed E-state index contributed by atoms with van der Waals surface area (Å²) in [5, 5.41) is 6.69. The van der Waals surface area contributed by atoms with Crippen molar-refractivity contribution in [2.75, 3.05) is 23.7 Å². The summed E-state index contributed by atoms with van der Waals surface area (Å²) in [6.45, 7) is 8.33. The first-order chi connectivity index (χ1) is 9.72. The molecule has 0 atom stereocenters. The number of anilines is 2. The van der Waals surface area contributed by atoms with E-state index in [4.69, 9.17) is 0 Å². The molecular formula is C16H28N4. The molecule has 0 radical (unpaired) electrons. The van der Waals surface area contributed by atoms with Gasteiger partial charge in [0.1, 0.15) is 5.82 Å². The fourth-order valence-electron chi connectivity index (χ4n) is 2.95. The molecule has 1 aliphatic carbocycles. The first-order valence-corrected chi connectivity index (χ1v) is 8.04. The largest absolute Gasteiger partial charge is 0.369 e. The van der Waals surface area contributed by atoms with E-state index in [2.05, 4.69) is 41.4 Å². The van der Waals surface area contributed by atoms with Gasteiger partial charge in [0.2, 0.25) is 5.95 Å². The van der Waals surface area contributed by atoms with Crippen LogP contribution in [0.25, 0.3) is 0 Å². The summed E-state index contributed by atoms with van der Waals surface area (Å²) >= 11 is 0. The van der Waals surface area contributed by atoms with Crippen molar-refractivity contribution >= 4 is 11.8 Å². The fraction of sp³-hybridized carbons (Fsp3) is 0.750. The molecule has 0 unspecified atom stereocenters. The van der Waals surface area contributed by atoms with Crippen LogP contribution in [0, 0.1) is 18.8 Å². The van der Waals surface area contributed by atoms with Crippen LogP contribution in [0.2, 0.25) is 0 Å². The molecule has 4 nitrogen and oxygen atoms in total. The summed E-state index contributed by atoms with van der Waals surface area (Å²) in [5.74, 6) is 3.46. The normalized spacial score (nSPS) is 22.6. The third-order valence-corrected chi connectivity index (χ3v) is 4.41. The van der Waals surface area contributed by atoms with Gasteiger partial charge in [0.25, 0.3) is 0 Å². The van der Waals surface area contributed by atoms with Gasteiger partial charge in [-0.1, -0.05) is 26.2 Å². The van der Waals surface area contributed by atoms with Gasteiger partial charge in [-0.3, -0.25) is 0 Å². The lowest BCUT2D eigenvalue weighted by Crippen LogP contribution is -2.21. The zero-order valence-electron chi connectivity index (χ0n) is 13.1. The van der Waals surface area contributed by atoms with E-state index in [1.165, 1.54) is 32.1 Å². The van der Waals surface area contributed by atoms with E-state index in [9.17, 15) is 0 Å². The lowest BCUT2D eigenvalue weighted by molar-refractivity contribution is 0.278. The van der Waals surface area contributed by atoms with Crippen LogP contribution >= 0.6 is 0 Å². The Morgan fingerprint density at radius 1 is 1.10 bits per heavy atom. The number of rotatable bonds is 6. The zero-order chi connectivity index (χ0) is 14.4. The van der Waals surface area contributed by atoms with Crippen LogP contribution in [-0.4, -0.2) is 23.1 Å². The van der Waals surface area contributed by atoms with Gasteiger partial charge >= 0.3 is 0 Å². The van der Waals surface area contributed by atoms with Crippen LogP contribution in [0.4, 0.5) is 11.8 Å². The topological polar surface area (TPSA) is 49.8 Å². The van der Waals surface area contributed by atoms with E-state index in [1.807, 2.05) is 6.20 Å². The molecule has 20 heavy (non-hydrogen) atoms. The molecule has 1 aromatic heterocycles. The first-order valence-electron chi connectivity index (χ1n) is 8.04. The van der Waals surface area contributed by atoms with Crippen LogP contribution in [0.5, 0.6) is 0 Å². The van der Waals surface area contributed by atoms with Gasteiger partial charge < -0.3 is 10.6 Å². The summed E-state index contributed by atoms with van der Waals surface area (Å²) in [4.78, 5) is 8.83. The van der Waals surface area contributed by atoms with Crippen molar-refractivity contribution in [1.29, 1.82) is 0 Å². The lowest BCUT2D eigenvalue weighted by Gasteiger charge is -2.28. The molecule has 0 aliphatic heterocycles. The average Bonchev–Trinajstić information content (AvgIpc) is 2.48. The van der Waals surface area contributed by atoms with Crippen LogP contribution in [-0.2, 0) is 0 Å². The van der Waals surface area contributed by atoms with Crippen LogP contribution in [0.1, 0.15) is 51.5 Å². The SMILES string of the molecule is CCNc1ncc(C)c(NCC2CCC(CC)CC2)n1. The van der Waals surface area contributed by atoms with Crippen molar-refractivity contribution in [3.05, 3.63) is 11.8 Å². The second-order valence-electron chi connectivity index (χ2n) is 5.93. The highest BCUT2D eigenvalue weighted by Gasteiger charge is 2.20. The molecule has 2 N–H and O–H groups in total. The summed E-state index contributed by atoms with van der Waals surface area (Å²) < 4.78 is 0. The molecule has 1 heterocycles. The van der Waals surface area contributed by atoms with Gasteiger partial charge in [-0.2, -0.15) is 4.98 Å². The van der Waals surface area contributed by atoms with Gasteiger partial charge in [-0.05, 0) is 38.5 Å². The Morgan fingerprint density at radius 2 is 1.80 bits per heavy atom. The quantitative estimate of drug-likeness (QED) is 0.828. The molecule has 1 aromatic rings. The monoisotopic (exact) mass is 276 g/mol. The molecule has 2 rings (SSSR count). The minimum atomic E-state index is 0.718. The van der Waals surface area contributed by atoms with Crippen LogP contribution < -0.4 is 10.6 Å². The van der Waals surface area contributed by atoms with Gasteiger partial charge in [0.15, 0.2) is 0 Å². The molecule has 1 saturated carbocycles. The molecule has 0 bridgehead atoms. The van der Waals surface area contributed by atoms with E-state index in [-0.39, 0.29) is 0 Å². The summed E-state index contributed by atoms with van der Waals surface area (Å²) in [6, 6.07) is 0. The maximum atomic E-state index is 4.54. The van der Waals surface area contributed by atoms with E-state index in [0.717, 1.165) is 42.3 Å². The second-order valence-corrected chi connectivity index (χ2v) is 5.93. The Hall–Kier alpha value is -1.32. The van der Waals surface area contributed by atoms with Gasteiger partial charge in [0.05, 0.1) is 0 Å². The molecular weight excluding hydrogens is 248 g/mol. The highest BCUT2D eigenvalue weighted by molar-refractivity contribution is 5.46. The Bertz CT molecular complexity index is 411. The Labute approximate surface area is 122 Å². The number of aryl methyl sites for hydroxylation is 1. The molecule has 112 valence electrons. The average molecular weight is 276 g/mol. The lowest BCUT2D eigenvalue weighted by atomic mass is 9.81. The van der Waals surface area contributed by atoms with Crippen molar-refractivity contribution < 1.29 is 0 Å². The van der Waals surface area contributed by atoms with E-state index in [0.29, 0.717) is 0 Å². The molecule has 0 amide bonds. The van der Waals surface area contributed by atoms with E-state index < -0.39 is 0 Å². The number of nitrogens with one attached hydrogen (secondary N) is 2. The first kappa shape index (κ1) is 15.1. The van der Waals surface area contributed by atoms with Crippen molar-refractivity contribution in [3.63, 3.8) is 0 Å². The highest BCUT2D eigenvalue weighted by atomic mass is 15.1. The predicted molar refractivity (Wildman–Crippen MR) is 85.2 cm³/mol. The Kier molecular flexibility index (Phi) is 5.62. The van der Waals surface area contributed by atoms with Crippen LogP contribution in [0.15, 0.2) is 6.20 Å². The molecule has 1 aliphatic rings. The van der Waals surface area contributed by atoms with Crippen molar-refractivity contribution in [1.82, 2.24) is 9.97 Å². The minimum Gasteiger partial charge on any atom is -0.369 e. The van der Waals surface area contributed by atoms with E-state index in [1.54, 1.807) is 0 Å². The molecule has 4 heteroatoms. The highest BCUT2D eigenvalue weighted by Crippen LogP contribution is 2.30. The Morgan fingerprint density at radius 3 is 2.45 bits per heavy atom. The molecule has 1 fully saturated rings.